The summed E-state index contributed by atoms with van der Waals surface area (Å²) in [6.45, 7) is 4.23. The molecule has 0 aliphatic rings. The third-order valence-corrected chi connectivity index (χ3v) is 3.00. The van der Waals surface area contributed by atoms with Crippen molar-refractivity contribution in [3.05, 3.63) is 48.5 Å². The van der Waals surface area contributed by atoms with Crippen molar-refractivity contribution in [3.8, 4) is 11.5 Å². The maximum Gasteiger partial charge on any atom is 0.265 e. The quantitative estimate of drug-likeness (QED) is 0.804. The SMILES string of the molecule is CCOc1ccc(NC(=O)C(C)Oc2ccc(N)cc2)cc1. The monoisotopic (exact) mass is 300 g/mol. The van der Waals surface area contributed by atoms with Gasteiger partial charge in [-0.05, 0) is 62.4 Å². The molecular weight excluding hydrogens is 280 g/mol. The molecule has 0 heterocycles. The average molecular weight is 300 g/mol. The summed E-state index contributed by atoms with van der Waals surface area (Å²) in [5, 5.41) is 2.80. The third-order valence-electron chi connectivity index (χ3n) is 3.00. The number of nitrogens with two attached hydrogens (primary N) is 1. The topological polar surface area (TPSA) is 73.6 Å². The molecule has 1 amide bonds. The molecule has 0 radical (unpaired) electrons. The van der Waals surface area contributed by atoms with Crippen molar-refractivity contribution in [3.63, 3.8) is 0 Å². The minimum Gasteiger partial charge on any atom is -0.494 e. The Morgan fingerprint density at radius 1 is 1.09 bits per heavy atom. The molecule has 5 heteroatoms. The highest BCUT2D eigenvalue weighted by Gasteiger charge is 2.14. The van der Waals surface area contributed by atoms with Gasteiger partial charge in [-0.1, -0.05) is 0 Å². The van der Waals surface area contributed by atoms with Crippen LogP contribution in [0.2, 0.25) is 0 Å². The Hall–Kier alpha value is -2.69. The van der Waals surface area contributed by atoms with E-state index in [1.165, 1.54) is 0 Å². The molecule has 3 N–H and O–H groups in total. The van der Waals surface area contributed by atoms with Gasteiger partial charge in [-0.25, -0.2) is 0 Å². The Labute approximate surface area is 130 Å². The number of rotatable bonds is 6. The van der Waals surface area contributed by atoms with Crippen LogP contribution in [0.5, 0.6) is 11.5 Å². The maximum absolute atomic E-state index is 12.1. The Morgan fingerprint density at radius 3 is 2.27 bits per heavy atom. The molecule has 116 valence electrons. The molecule has 0 saturated heterocycles. The van der Waals surface area contributed by atoms with Gasteiger partial charge in [0.2, 0.25) is 0 Å². The molecule has 0 aromatic heterocycles. The Bertz CT molecular complexity index is 609. The summed E-state index contributed by atoms with van der Waals surface area (Å²) in [7, 11) is 0. The highest BCUT2D eigenvalue weighted by molar-refractivity contribution is 5.94. The van der Waals surface area contributed by atoms with E-state index in [0.29, 0.717) is 23.7 Å². The molecule has 1 unspecified atom stereocenters. The summed E-state index contributed by atoms with van der Waals surface area (Å²) >= 11 is 0. The van der Waals surface area contributed by atoms with E-state index in [1.54, 1.807) is 43.3 Å². The fourth-order valence-electron chi connectivity index (χ4n) is 1.85. The summed E-state index contributed by atoms with van der Waals surface area (Å²) < 4.78 is 10.9. The second-order valence-electron chi connectivity index (χ2n) is 4.78. The number of ether oxygens (including phenoxy) is 2. The number of carbonyl (C=O) groups is 1. The van der Waals surface area contributed by atoms with Crippen molar-refractivity contribution in [1.82, 2.24) is 0 Å². The van der Waals surface area contributed by atoms with Crippen molar-refractivity contribution in [1.29, 1.82) is 0 Å². The molecular formula is C17H20N2O3. The fourth-order valence-corrected chi connectivity index (χ4v) is 1.85. The number of amides is 1. The van der Waals surface area contributed by atoms with Gasteiger partial charge in [0.15, 0.2) is 6.10 Å². The first-order valence-electron chi connectivity index (χ1n) is 7.14. The summed E-state index contributed by atoms with van der Waals surface area (Å²) in [5.41, 5.74) is 6.96. The lowest BCUT2D eigenvalue weighted by Crippen LogP contribution is -2.30. The summed E-state index contributed by atoms with van der Waals surface area (Å²) in [6.07, 6.45) is -0.616. The van der Waals surface area contributed by atoms with Gasteiger partial charge in [0.1, 0.15) is 11.5 Å². The fraction of sp³-hybridized carbons (Fsp3) is 0.235. The van der Waals surface area contributed by atoms with E-state index >= 15 is 0 Å². The molecule has 1 atom stereocenters. The van der Waals surface area contributed by atoms with E-state index in [2.05, 4.69) is 5.32 Å². The Morgan fingerprint density at radius 2 is 1.68 bits per heavy atom. The lowest BCUT2D eigenvalue weighted by Gasteiger charge is -2.15. The van der Waals surface area contributed by atoms with Gasteiger partial charge >= 0.3 is 0 Å². The van der Waals surface area contributed by atoms with Gasteiger partial charge in [0, 0.05) is 11.4 Å². The van der Waals surface area contributed by atoms with Crippen molar-refractivity contribution in [2.75, 3.05) is 17.7 Å². The third kappa shape index (κ3) is 4.41. The van der Waals surface area contributed by atoms with Crippen LogP contribution in [-0.4, -0.2) is 18.6 Å². The van der Waals surface area contributed by atoms with Crippen LogP contribution in [-0.2, 0) is 4.79 Å². The van der Waals surface area contributed by atoms with Crippen molar-refractivity contribution in [2.45, 2.75) is 20.0 Å². The van der Waals surface area contributed by atoms with Gasteiger partial charge in [0.25, 0.3) is 5.91 Å². The largest absolute Gasteiger partial charge is 0.494 e. The molecule has 0 saturated carbocycles. The van der Waals surface area contributed by atoms with Crippen LogP contribution in [0.15, 0.2) is 48.5 Å². The lowest BCUT2D eigenvalue weighted by molar-refractivity contribution is -0.122. The highest BCUT2D eigenvalue weighted by Crippen LogP contribution is 2.17. The van der Waals surface area contributed by atoms with Crippen LogP contribution in [0, 0.1) is 0 Å². The van der Waals surface area contributed by atoms with E-state index < -0.39 is 6.10 Å². The average Bonchev–Trinajstić information content (AvgIpc) is 2.51. The van der Waals surface area contributed by atoms with Crippen molar-refractivity contribution >= 4 is 17.3 Å². The van der Waals surface area contributed by atoms with E-state index in [-0.39, 0.29) is 5.91 Å². The molecule has 5 nitrogen and oxygen atoms in total. The van der Waals surface area contributed by atoms with E-state index in [0.717, 1.165) is 5.75 Å². The number of nitrogens with one attached hydrogen (secondary N) is 1. The number of carbonyl (C=O) groups excluding carboxylic acids is 1. The minimum absolute atomic E-state index is 0.221. The van der Waals surface area contributed by atoms with Crippen molar-refractivity contribution in [2.24, 2.45) is 0 Å². The zero-order valence-corrected chi connectivity index (χ0v) is 12.7. The summed E-state index contributed by atoms with van der Waals surface area (Å²) in [6, 6.07) is 14.1. The smallest absolute Gasteiger partial charge is 0.265 e. The molecule has 0 aliphatic carbocycles. The van der Waals surface area contributed by atoms with Gasteiger partial charge in [-0.2, -0.15) is 0 Å². The predicted molar refractivity (Wildman–Crippen MR) is 87.2 cm³/mol. The van der Waals surface area contributed by atoms with Crippen LogP contribution in [0.25, 0.3) is 0 Å². The van der Waals surface area contributed by atoms with Crippen LogP contribution in [0.4, 0.5) is 11.4 Å². The predicted octanol–water partition coefficient (Wildman–Crippen LogP) is 3.07. The lowest BCUT2D eigenvalue weighted by atomic mass is 10.2. The first kappa shape index (κ1) is 15.7. The minimum atomic E-state index is -0.616. The van der Waals surface area contributed by atoms with Crippen LogP contribution in [0.1, 0.15) is 13.8 Å². The van der Waals surface area contributed by atoms with Crippen LogP contribution < -0.4 is 20.5 Å². The molecule has 0 fully saturated rings. The molecule has 0 bridgehead atoms. The summed E-state index contributed by atoms with van der Waals surface area (Å²) in [4.78, 5) is 12.1. The molecule has 0 aliphatic heterocycles. The van der Waals surface area contributed by atoms with E-state index in [4.69, 9.17) is 15.2 Å². The van der Waals surface area contributed by atoms with E-state index in [9.17, 15) is 4.79 Å². The van der Waals surface area contributed by atoms with E-state index in [1.807, 2.05) is 19.1 Å². The normalized spacial score (nSPS) is 11.5. The van der Waals surface area contributed by atoms with Crippen LogP contribution >= 0.6 is 0 Å². The second kappa shape index (κ2) is 7.36. The molecule has 2 aromatic rings. The van der Waals surface area contributed by atoms with Gasteiger partial charge in [-0.15, -0.1) is 0 Å². The molecule has 2 rings (SSSR count). The number of benzene rings is 2. The molecule has 0 spiro atoms. The number of hydrogen-bond donors (Lipinski definition) is 2. The maximum atomic E-state index is 12.1. The number of hydrogen-bond acceptors (Lipinski definition) is 4. The van der Waals surface area contributed by atoms with Gasteiger partial charge in [-0.3, -0.25) is 4.79 Å². The highest BCUT2D eigenvalue weighted by atomic mass is 16.5. The van der Waals surface area contributed by atoms with Gasteiger partial charge < -0.3 is 20.5 Å². The van der Waals surface area contributed by atoms with Crippen molar-refractivity contribution < 1.29 is 14.3 Å². The zero-order valence-electron chi connectivity index (χ0n) is 12.7. The first-order valence-corrected chi connectivity index (χ1v) is 7.14. The molecule has 22 heavy (non-hydrogen) atoms. The van der Waals surface area contributed by atoms with Gasteiger partial charge in [0.05, 0.1) is 6.61 Å². The second-order valence-corrected chi connectivity index (χ2v) is 4.78. The Kier molecular flexibility index (Phi) is 5.25. The summed E-state index contributed by atoms with van der Waals surface area (Å²) in [5.74, 6) is 1.15. The first-order chi connectivity index (χ1) is 10.6. The standard InChI is InChI=1S/C17H20N2O3/c1-3-21-15-10-6-14(7-11-15)19-17(20)12(2)22-16-8-4-13(18)5-9-16/h4-12H,3,18H2,1-2H3,(H,19,20). The number of nitrogen functional groups attached to an aromatic ring is 1. The number of anilines is 2. The Balaban J connectivity index is 1.91. The van der Waals surface area contributed by atoms with Crippen LogP contribution in [0.3, 0.4) is 0 Å². The molecule has 2 aromatic carbocycles. The zero-order chi connectivity index (χ0) is 15.9.